The standard InChI is InChI=1S/C14H18FN3O/c1-2-7-18-14(16-10-17-18)8-12(9-19)11-3-5-13(15)6-4-11/h3-6,10,12,19H,2,7-9H2,1H3. The molecule has 0 aliphatic rings. The number of nitrogens with zero attached hydrogens (tertiary/aromatic N) is 3. The lowest BCUT2D eigenvalue weighted by Crippen LogP contribution is -2.13. The van der Waals surface area contributed by atoms with E-state index in [1.807, 2.05) is 4.68 Å². The minimum Gasteiger partial charge on any atom is -0.396 e. The second-order valence-electron chi connectivity index (χ2n) is 4.53. The van der Waals surface area contributed by atoms with E-state index in [1.54, 1.807) is 12.1 Å². The average molecular weight is 263 g/mol. The van der Waals surface area contributed by atoms with Gasteiger partial charge in [0.2, 0.25) is 0 Å². The van der Waals surface area contributed by atoms with E-state index in [-0.39, 0.29) is 18.3 Å². The van der Waals surface area contributed by atoms with Crippen LogP contribution in [0.25, 0.3) is 0 Å². The quantitative estimate of drug-likeness (QED) is 0.868. The Bertz CT molecular complexity index is 510. The summed E-state index contributed by atoms with van der Waals surface area (Å²) in [5, 5.41) is 13.7. The predicted molar refractivity (Wildman–Crippen MR) is 70.2 cm³/mol. The maximum Gasteiger partial charge on any atom is 0.138 e. The monoisotopic (exact) mass is 263 g/mol. The molecule has 19 heavy (non-hydrogen) atoms. The third kappa shape index (κ3) is 3.38. The van der Waals surface area contributed by atoms with E-state index in [0.717, 1.165) is 24.4 Å². The zero-order chi connectivity index (χ0) is 13.7. The van der Waals surface area contributed by atoms with Gasteiger partial charge in [-0.25, -0.2) is 9.37 Å². The van der Waals surface area contributed by atoms with Crippen LogP contribution in [0.1, 0.15) is 30.7 Å². The van der Waals surface area contributed by atoms with Crippen LogP contribution in [-0.4, -0.2) is 26.5 Å². The molecule has 102 valence electrons. The van der Waals surface area contributed by atoms with Crippen molar-refractivity contribution in [2.45, 2.75) is 32.2 Å². The third-order valence-corrected chi connectivity index (χ3v) is 3.12. The van der Waals surface area contributed by atoms with Crippen LogP contribution in [-0.2, 0) is 13.0 Å². The van der Waals surface area contributed by atoms with E-state index >= 15 is 0 Å². The van der Waals surface area contributed by atoms with Crippen molar-refractivity contribution < 1.29 is 9.50 Å². The molecule has 0 spiro atoms. The van der Waals surface area contributed by atoms with Crippen molar-refractivity contribution in [3.8, 4) is 0 Å². The molecule has 1 heterocycles. The SMILES string of the molecule is CCCn1ncnc1CC(CO)c1ccc(F)cc1. The maximum atomic E-state index is 12.9. The Labute approximate surface area is 111 Å². The number of halogens is 1. The molecule has 4 nitrogen and oxygen atoms in total. The number of hydrogen-bond donors (Lipinski definition) is 1. The van der Waals surface area contributed by atoms with Crippen LogP contribution in [0.3, 0.4) is 0 Å². The summed E-state index contributed by atoms with van der Waals surface area (Å²) in [6, 6.07) is 6.23. The van der Waals surface area contributed by atoms with E-state index < -0.39 is 0 Å². The van der Waals surface area contributed by atoms with Gasteiger partial charge in [-0.05, 0) is 24.1 Å². The van der Waals surface area contributed by atoms with E-state index in [9.17, 15) is 9.50 Å². The van der Waals surface area contributed by atoms with Crippen molar-refractivity contribution in [3.05, 3.63) is 47.8 Å². The van der Waals surface area contributed by atoms with Gasteiger partial charge in [0.1, 0.15) is 18.0 Å². The van der Waals surface area contributed by atoms with Gasteiger partial charge in [-0.3, -0.25) is 4.68 Å². The summed E-state index contributed by atoms with van der Waals surface area (Å²) < 4.78 is 14.8. The molecule has 0 amide bonds. The highest BCUT2D eigenvalue weighted by Gasteiger charge is 2.15. The van der Waals surface area contributed by atoms with E-state index in [1.165, 1.54) is 18.5 Å². The summed E-state index contributed by atoms with van der Waals surface area (Å²) in [5.74, 6) is 0.500. The van der Waals surface area contributed by atoms with Gasteiger partial charge in [-0.2, -0.15) is 5.10 Å². The molecular formula is C14H18FN3O. The number of benzene rings is 1. The number of aryl methyl sites for hydroxylation is 1. The maximum absolute atomic E-state index is 12.9. The second-order valence-corrected chi connectivity index (χ2v) is 4.53. The molecular weight excluding hydrogens is 245 g/mol. The Hall–Kier alpha value is -1.75. The van der Waals surface area contributed by atoms with Gasteiger partial charge >= 0.3 is 0 Å². The fourth-order valence-electron chi connectivity index (χ4n) is 2.09. The summed E-state index contributed by atoms with van der Waals surface area (Å²) in [4.78, 5) is 4.23. The van der Waals surface area contributed by atoms with Gasteiger partial charge in [0.15, 0.2) is 0 Å². The van der Waals surface area contributed by atoms with Crippen LogP contribution in [0.15, 0.2) is 30.6 Å². The Balaban J connectivity index is 2.14. The van der Waals surface area contributed by atoms with Crippen molar-refractivity contribution in [2.24, 2.45) is 0 Å². The number of aliphatic hydroxyl groups excluding tert-OH is 1. The molecule has 2 aromatic rings. The summed E-state index contributed by atoms with van der Waals surface area (Å²) in [6.45, 7) is 2.90. The topological polar surface area (TPSA) is 50.9 Å². The van der Waals surface area contributed by atoms with Gasteiger partial charge in [0.25, 0.3) is 0 Å². The average Bonchev–Trinajstić information content (AvgIpc) is 2.85. The van der Waals surface area contributed by atoms with Crippen LogP contribution in [0.5, 0.6) is 0 Å². The summed E-state index contributed by atoms with van der Waals surface area (Å²) in [5.41, 5.74) is 0.912. The van der Waals surface area contributed by atoms with Crippen molar-refractivity contribution in [1.82, 2.24) is 14.8 Å². The molecule has 1 aromatic carbocycles. The smallest absolute Gasteiger partial charge is 0.138 e. The van der Waals surface area contributed by atoms with Crippen molar-refractivity contribution >= 4 is 0 Å². The lowest BCUT2D eigenvalue weighted by Gasteiger charge is -2.14. The molecule has 0 saturated heterocycles. The molecule has 0 saturated carbocycles. The summed E-state index contributed by atoms with van der Waals surface area (Å²) in [7, 11) is 0. The van der Waals surface area contributed by atoms with Gasteiger partial charge in [-0.15, -0.1) is 0 Å². The molecule has 2 rings (SSSR count). The molecule has 1 aromatic heterocycles. The van der Waals surface area contributed by atoms with Crippen LogP contribution in [0, 0.1) is 5.82 Å². The number of aromatic nitrogens is 3. The van der Waals surface area contributed by atoms with Crippen LogP contribution in [0.4, 0.5) is 4.39 Å². The molecule has 0 fully saturated rings. The van der Waals surface area contributed by atoms with Crippen molar-refractivity contribution in [2.75, 3.05) is 6.61 Å². The molecule has 1 unspecified atom stereocenters. The number of aliphatic hydroxyl groups is 1. The fourth-order valence-corrected chi connectivity index (χ4v) is 2.09. The largest absolute Gasteiger partial charge is 0.396 e. The summed E-state index contributed by atoms with van der Waals surface area (Å²) >= 11 is 0. The first-order valence-corrected chi connectivity index (χ1v) is 6.47. The summed E-state index contributed by atoms with van der Waals surface area (Å²) in [6.07, 6.45) is 3.11. The second kappa shape index (κ2) is 6.43. The Kier molecular flexibility index (Phi) is 4.63. The highest BCUT2D eigenvalue weighted by molar-refractivity contribution is 5.21. The van der Waals surface area contributed by atoms with E-state index in [2.05, 4.69) is 17.0 Å². The Morgan fingerprint density at radius 1 is 1.32 bits per heavy atom. The normalized spacial score (nSPS) is 12.6. The van der Waals surface area contributed by atoms with Crippen molar-refractivity contribution in [1.29, 1.82) is 0 Å². The first kappa shape index (κ1) is 13.7. The lowest BCUT2D eigenvalue weighted by atomic mass is 9.96. The molecule has 1 atom stereocenters. The van der Waals surface area contributed by atoms with Crippen LogP contribution in [0.2, 0.25) is 0 Å². The van der Waals surface area contributed by atoms with Gasteiger partial charge < -0.3 is 5.11 Å². The van der Waals surface area contributed by atoms with Gasteiger partial charge in [0, 0.05) is 18.9 Å². The van der Waals surface area contributed by atoms with Gasteiger partial charge in [0.05, 0.1) is 6.61 Å². The van der Waals surface area contributed by atoms with E-state index in [0.29, 0.717) is 6.42 Å². The first-order chi connectivity index (χ1) is 9.24. The molecule has 0 aliphatic carbocycles. The Morgan fingerprint density at radius 2 is 2.05 bits per heavy atom. The fraction of sp³-hybridized carbons (Fsp3) is 0.429. The van der Waals surface area contributed by atoms with E-state index in [4.69, 9.17) is 0 Å². The van der Waals surface area contributed by atoms with Gasteiger partial charge in [-0.1, -0.05) is 19.1 Å². The first-order valence-electron chi connectivity index (χ1n) is 6.47. The van der Waals surface area contributed by atoms with Crippen LogP contribution >= 0.6 is 0 Å². The molecule has 0 radical (unpaired) electrons. The molecule has 5 heteroatoms. The Morgan fingerprint density at radius 3 is 2.68 bits per heavy atom. The van der Waals surface area contributed by atoms with Crippen LogP contribution < -0.4 is 0 Å². The minimum atomic E-state index is -0.269. The minimum absolute atomic E-state index is 0.00458. The molecule has 1 N–H and O–H groups in total. The number of rotatable bonds is 6. The highest BCUT2D eigenvalue weighted by atomic mass is 19.1. The predicted octanol–water partition coefficient (Wildman–Crippen LogP) is 2.15. The van der Waals surface area contributed by atoms with Crippen molar-refractivity contribution in [3.63, 3.8) is 0 Å². The highest BCUT2D eigenvalue weighted by Crippen LogP contribution is 2.20. The lowest BCUT2D eigenvalue weighted by molar-refractivity contribution is 0.261. The number of hydrogen-bond acceptors (Lipinski definition) is 3. The molecule has 0 aliphatic heterocycles. The zero-order valence-corrected chi connectivity index (χ0v) is 11.0. The zero-order valence-electron chi connectivity index (χ0n) is 11.0. The third-order valence-electron chi connectivity index (χ3n) is 3.12. The molecule has 0 bridgehead atoms.